The lowest BCUT2D eigenvalue weighted by Gasteiger charge is -2.06. The van der Waals surface area contributed by atoms with Gasteiger partial charge in [0.1, 0.15) is 0 Å². The highest BCUT2D eigenvalue weighted by Crippen LogP contribution is 2.14. The van der Waals surface area contributed by atoms with E-state index in [9.17, 15) is 4.79 Å². The van der Waals surface area contributed by atoms with Gasteiger partial charge >= 0.3 is 0 Å². The molecule has 2 rings (SSSR count). The number of nitrogens with two attached hydrogens (primary N) is 1. The monoisotopic (exact) mass is 270 g/mol. The quantitative estimate of drug-likeness (QED) is 0.753. The minimum absolute atomic E-state index is 0.162. The normalized spacial score (nSPS) is 9.75. The van der Waals surface area contributed by atoms with Crippen LogP contribution in [0.1, 0.15) is 21.5 Å². The molecule has 0 aliphatic rings. The number of rotatable bonds is 2. The summed E-state index contributed by atoms with van der Waals surface area (Å²) in [7, 11) is 1.62. The molecule has 0 unspecified atom stereocenters. The predicted molar refractivity (Wildman–Crippen MR) is 73.9 cm³/mol. The topological polar surface area (TPSA) is 98.7 Å². The first-order valence-corrected chi connectivity index (χ1v) is 5.95. The van der Waals surface area contributed by atoms with Crippen LogP contribution in [0.5, 0.6) is 0 Å². The Morgan fingerprint density at radius 3 is 2.95 bits per heavy atom. The van der Waals surface area contributed by atoms with E-state index in [0.717, 1.165) is 11.1 Å². The van der Waals surface area contributed by atoms with Crippen molar-refractivity contribution < 1.29 is 4.79 Å². The van der Waals surface area contributed by atoms with Crippen molar-refractivity contribution in [2.45, 2.75) is 6.92 Å². The number of amides is 1. The first-order valence-electron chi connectivity index (χ1n) is 5.95. The van der Waals surface area contributed by atoms with Crippen LogP contribution in [0.2, 0.25) is 0 Å². The van der Waals surface area contributed by atoms with Crippen LogP contribution >= 0.6 is 0 Å². The van der Waals surface area contributed by atoms with Crippen LogP contribution in [0.3, 0.4) is 0 Å². The summed E-state index contributed by atoms with van der Waals surface area (Å²) >= 11 is 0. The Kier molecular flexibility index (Phi) is 4.08. The van der Waals surface area contributed by atoms with E-state index in [1.165, 1.54) is 4.80 Å². The van der Waals surface area contributed by atoms with E-state index in [0.29, 0.717) is 5.56 Å². The number of benzene rings is 1. The van der Waals surface area contributed by atoms with Crippen molar-refractivity contribution in [3.8, 4) is 11.8 Å². The summed E-state index contributed by atoms with van der Waals surface area (Å²) in [6, 6.07) is 5.33. The molecule has 0 saturated heterocycles. The van der Waals surface area contributed by atoms with Crippen molar-refractivity contribution in [1.29, 1.82) is 0 Å². The van der Waals surface area contributed by atoms with Crippen molar-refractivity contribution in [2.75, 3.05) is 11.9 Å². The number of anilines is 1. The lowest BCUT2D eigenvalue weighted by atomic mass is 10.0. The summed E-state index contributed by atoms with van der Waals surface area (Å²) < 4.78 is 0. The summed E-state index contributed by atoms with van der Waals surface area (Å²) in [5, 5.41) is 13.8. The number of nitrogens with one attached hydrogen (secondary N) is 1. The van der Waals surface area contributed by atoms with Crippen molar-refractivity contribution in [3.63, 3.8) is 0 Å². The second-order valence-corrected chi connectivity index (χ2v) is 4.04. The van der Waals surface area contributed by atoms with Crippen molar-refractivity contribution in [1.82, 2.24) is 20.2 Å². The van der Waals surface area contributed by atoms with Gasteiger partial charge in [0.05, 0.1) is 13.6 Å². The zero-order valence-electron chi connectivity index (χ0n) is 11.2. The zero-order chi connectivity index (χ0) is 14.5. The molecule has 0 atom stereocenters. The van der Waals surface area contributed by atoms with E-state index in [4.69, 9.17) is 5.73 Å². The molecular weight excluding hydrogens is 256 g/mol. The second kappa shape index (κ2) is 5.95. The number of hydrogen-bond acceptors (Lipinski definition) is 5. The molecule has 0 radical (unpaired) electrons. The molecule has 0 fully saturated rings. The number of tetrazole rings is 1. The first-order chi connectivity index (χ1) is 9.61. The van der Waals surface area contributed by atoms with Gasteiger partial charge in [-0.1, -0.05) is 23.0 Å². The van der Waals surface area contributed by atoms with Gasteiger partial charge in [-0.25, -0.2) is 0 Å². The van der Waals surface area contributed by atoms with Gasteiger partial charge < -0.3 is 5.73 Å². The average molecular weight is 270 g/mol. The van der Waals surface area contributed by atoms with Gasteiger partial charge in [-0.2, -0.15) is 4.80 Å². The number of aromatic nitrogens is 4. The molecule has 1 heterocycles. The van der Waals surface area contributed by atoms with Crippen LogP contribution in [-0.2, 0) is 7.05 Å². The highest BCUT2D eigenvalue weighted by Gasteiger charge is 2.13. The summed E-state index contributed by atoms with van der Waals surface area (Å²) in [5.74, 6) is 5.57. The minimum Gasteiger partial charge on any atom is -0.320 e. The smallest absolute Gasteiger partial charge is 0.270 e. The third-order valence-electron chi connectivity index (χ3n) is 2.64. The van der Waals surface area contributed by atoms with Gasteiger partial charge in [-0.3, -0.25) is 10.1 Å². The van der Waals surface area contributed by atoms with Crippen molar-refractivity contribution in [2.24, 2.45) is 12.8 Å². The van der Waals surface area contributed by atoms with Crippen LogP contribution in [-0.4, -0.2) is 32.7 Å². The average Bonchev–Trinajstić information content (AvgIpc) is 2.83. The molecule has 1 aromatic heterocycles. The Morgan fingerprint density at radius 2 is 2.30 bits per heavy atom. The van der Waals surface area contributed by atoms with E-state index in [-0.39, 0.29) is 18.4 Å². The maximum absolute atomic E-state index is 12.2. The van der Waals surface area contributed by atoms with Gasteiger partial charge in [0.15, 0.2) is 0 Å². The number of aryl methyl sites for hydroxylation is 1. The molecule has 0 aliphatic heterocycles. The predicted octanol–water partition coefficient (Wildman–Crippen LogP) is 0.0810. The molecule has 0 aliphatic carbocycles. The SMILES string of the molecule is Cc1c(C#CCN)cccc1C(=O)Nc1nnn(C)n1. The van der Waals surface area contributed by atoms with E-state index >= 15 is 0 Å². The largest absolute Gasteiger partial charge is 0.320 e. The molecule has 0 spiro atoms. The maximum atomic E-state index is 12.2. The van der Waals surface area contributed by atoms with Gasteiger partial charge in [-0.15, -0.1) is 5.10 Å². The Hall–Kier alpha value is -2.72. The number of carbonyl (C=O) groups excluding carboxylic acids is 1. The number of carbonyl (C=O) groups is 1. The summed E-state index contributed by atoms with van der Waals surface area (Å²) in [4.78, 5) is 13.4. The third kappa shape index (κ3) is 2.99. The maximum Gasteiger partial charge on any atom is 0.270 e. The van der Waals surface area contributed by atoms with Gasteiger partial charge in [0.25, 0.3) is 11.9 Å². The summed E-state index contributed by atoms with van der Waals surface area (Å²) in [6.45, 7) is 2.11. The lowest BCUT2D eigenvalue weighted by molar-refractivity contribution is 0.102. The second-order valence-electron chi connectivity index (χ2n) is 4.04. The Labute approximate surface area is 116 Å². The highest BCUT2D eigenvalue weighted by molar-refractivity contribution is 6.04. The molecule has 7 heteroatoms. The standard InChI is InChI=1S/C13H14N6O/c1-9-10(6-4-8-14)5-3-7-11(9)12(20)15-13-16-18-19(2)17-13/h3,5,7H,8,14H2,1-2H3,(H,15,17,20). The van der Waals surface area contributed by atoms with Crippen molar-refractivity contribution in [3.05, 3.63) is 34.9 Å². The third-order valence-corrected chi connectivity index (χ3v) is 2.64. The molecule has 1 amide bonds. The molecule has 1 aromatic carbocycles. The van der Waals surface area contributed by atoms with E-state index < -0.39 is 0 Å². The Morgan fingerprint density at radius 1 is 1.50 bits per heavy atom. The van der Waals surface area contributed by atoms with E-state index in [1.807, 2.05) is 13.0 Å². The molecule has 102 valence electrons. The molecule has 2 aromatic rings. The Bertz CT molecular complexity index is 694. The van der Waals surface area contributed by atoms with Crippen LogP contribution in [0, 0.1) is 18.8 Å². The van der Waals surface area contributed by atoms with Gasteiger partial charge in [-0.05, 0) is 29.8 Å². The van der Waals surface area contributed by atoms with Crippen LogP contribution in [0.4, 0.5) is 5.95 Å². The van der Waals surface area contributed by atoms with Gasteiger partial charge in [0, 0.05) is 11.1 Å². The van der Waals surface area contributed by atoms with Crippen LogP contribution in [0.25, 0.3) is 0 Å². The fourth-order valence-corrected chi connectivity index (χ4v) is 1.67. The molecule has 0 bridgehead atoms. The molecule has 0 saturated carbocycles. The Balaban J connectivity index is 2.26. The first kappa shape index (κ1) is 13.7. The van der Waals surface area contributed by atoms with E-state index in [2.05, 4.69) is 32.6 Å². The molecular formula is C13H14N6O. The summed E-state index contributed by atoms with van der Waals surface area (Å²) in [6.07, 6.45) is 0. The lowest BCUT2D eigenvalue weighted by Crippen LogP contribution is -2.15. The fraction of sp³-hybridized carbons (Fsp3) is 0.231. The number of nitrogens with zero attached hydrogens (tertiary/aromatic N) is 4. The zero-order valence-corrected chi connectivity index (χ0v) is 11.2. The van der Waals surface area contributed by atoms with E-state index in [1.54, 1.807) is 19.2 Å². The summed E-state index contributed by atoms with van der Waals surface area (Å²) in [5.41, 5.74) is 7.43. The minimum atomic E-state index is -0.299. The van der Waals surface area contributed by atoms with Crippen LogP contribution < -0.4 is 11.1 Å². The number of hydrogen-bond donors (Lipinski definition) is 2. The molecule has 3 N–H and O–H groups in total. The van der Waals surface area contributed by atoms with Gasteiger partial charge in [0.2, 0.25) is 0 Å². The molecule has 20 heavy (non-hydrogen) atoms. The fourth-order valence-electron chi connectivity index (χ4n) is 1.67. The van der Waals surface area contributed by atoms with Crippen LogP contribution in [0.15, 0.2) is 18.2 Å². The highest BCUT2D eigenvalue weighted by atomic mass is 16.1. The van der Waals surface area contributed by atoms with Crippen molar-refractivity contribution >= 4 is 11.9 Å². The molecule has 7 nitrogen and oxygen atoms in total.